The van der Waals surface area contributed by atoms with Crippen LogP contribution in [0.1, 0.15) is 85.5 Å². The standard InChI is InChI=1S/C26H44O4/c1-15-10-11-25(3)17(12-15)13-21(27)24-19-8-7-18(16(2)6-9-23(29)30-5)26(19,4)22(28)14-20(24)25/h15-22,24,27-28H,6-14H2,1-5H3/t15-,16?,17?,18?,19?,20?,21-,22+,24?,25+,26-/m1/s1. The quantitative estimate of drug-likeness (QED) is 0.640. The van der Waals surface area contributed by atoms with Crippen molar-refractivity contribution in [1.82, 2.24) is 0 Å². The van der Waals surface area contributed by atoms with Crippen LogP contribution in [0.25, 0.3) is 0 Å². The first-order valence-electron chi connectivity index (χ1n) is 12.6. The Bertz CT molecular complexity index is 649. The van der Waals surface area contributed by atoms with Gasteiger partial charge in [0.25, 0.3) is 0 Å². The first kappa shape index (κ1) is 22.6. The lowest BCUT2D eigenvalue weighted by atomic mass is 9.42. The van der Waals surface area contributed by atoms with Crippen molar-refractivity contribution in [3.8, 4) is 0 Å². The molecule has 172 valence electrons. The van der Waals surface area contributed by atoms with Gasteiger partial charge in [-0.25, -0.2) is 0 Å². The van der Waals surface area contributed by atoms with E-state index >= 15 is 0 Å². The highest BCUT2D eigenvalue weighted by molar-refractivity contribution is 5.69. The summed E-state index contributed by atoms with van der Waals surface area (Å²) in [6.07, 6.45) is 8.53. The molecule has 0 aromatic rings. The Balaban J connectivity index is 1.58. The van der Waals surface area contributed by atoms with Gasteiger partial charge in [0.1, 0.15) is 0 Å². The van der Waals surface area contributed by atoms with Crippen molar-refractivity contribution in [2.45, 2.75) is 97.7 Å². The Morgan fingerprint density at radius 1 is 1.10 bits per heavy atom. The summed E-state index contributed by atoms with van der Waals surface area (Å²) in [4.78, 5) is 11.7. The van der Waals surface area contributed by atoms with Crippen LogP contribution in [0.15, 0.2) is 0 Å². The van der Waals surface area contributed by atoms with Gasteiger partial charge in [-0.2, -0.15) is 0 Å². The molecule has 2 N–H and O–H groups in total. The van der Waals surface area contributed by atoms with Crippen molar-refractivity contribution in [3.63, 3.8) is 0 Å². The maximum Gasteiger partial charge on any atom is 0.305 e. The Morgan fingerprint density at radius 2 is 1.83 bits per heavy atom. The number of hydrogen-bond donors (Lipinski definition) is 2. The van der Waals surface area contributed by atoms with Crippen molar-refractivity contribution in [3.05, 3.63) is 0 Å². The van der Waals surface area contributed by atoms with E-state index in [-0.39, 0.29) is 29.0 Å². The van der Waals surface area contributed by atoms with Gasteiger partial charge in [0, 0.05) is 6.42 Å². The predicted octanol–water partition coefficient (Wildman–Crippen LogP) is 4.81. The number of methoxy groups -OCH3 is 1. The van der Waals surface area contributed by atoms with E-state index in [4.69, 9.17) is 4.74 Å². The number of aliphatic hydroxyl groups is 2. The molecule has 4 heteroatoms. The summed E-state index contributed by atoms with van der Waals surface area (Å²) >= 11 is 0. The summed E-state index contributed by atoms with van der Waals surface area (Å²) in [5.41, 5.74) is 0.121. The molecule has 4 rings (SSSR count). The molecule has 0 aliphatic heterocycles. The predicted molar refractivity (Wildman–Crippen MR) is 118 cm³/mol. The second-order valence-electron chi connectivity index (χ2n) is 12.1. The minimum atomic E-state index is -0.307. The minimum absolute atomic E-state index is 0.140. The Kier molecular flexibility index (Phi) is 6.07. The number of aliphatic hydroxyl groups excluding tert-OH is 2. The summed E-state index contributed by atoms with van der Waals surface area (Å²) < 4.78 is 4.85. The molecule has 4 nitrogen and oxygen atoms in total. The van der Waals surface area contributed by atoms with Gasteiger partial charge in [-0.1, -0.05) is 34.1 Å². The first-order valence-corrected chi connectivity index (χ1v) is 12.6. The molecule has 0 spiro atoms. The van der Waals surface area contributed by atoms with Crippen LogP contribution in [0.2, 0.25) is 0 Å². The van der Waals surface area contributed by atoms with Gasteiger partial charge in [-0.15, -0.1) is 0 Å². The van der Waals surface area contributed by atoms with Crippen molar-refractivity contribution < 1.29 is 19.7 Å². The third-order valence-corrected chi connectivity index (χ3v) is 10.8. The molecule has 4 aliphatic rings. The molecule has 6 unspecified atom stereocenters. The minimum Gasteiger partial charge on any atom is -0.469 e. The van der Waals surface area contributed by atoms with Crippen LogP contribution in [0.4, 0.5) is 0 Å². The zero-order chi connectivity index (χ0) is 21.8. The number of fused-ring (bicyclic) bond motifs is 5. The fourth-order valence-electron chi connectivity index (χ4n) is 9.02. The fraction of sp³-hybridized carbons (Fsp3) is 0.962. The second-order valence-corrected chi connectivity index (χ2v) is 12.1. The molecular weight excluding hydrogens is 376 g/mol. The summed E-state index contributed by atoms with van der Waals surface area (Å²) in [5.74, 6) is 3.17. The van der Waals surface area contributed by atoms with E-state index in [1.54, 1.807) is 0 Å². The van der Waals surface area contributed by atoms with Gasteiger partial charge in [-0.3, -0.25) is 4.79 Å². The molecule has 30 heavy (non-hydrogen) atoms. The monoisotopic (exact) mass is 420 g/mol. The van der Waals surface area contributed by atoms with Gasteiger partial charge < -0.3 is 14.9 Å². The SMILES string of the molecule is COC(=O)CCC(C)C1CCC2C3C(C[C@H](O)[C@]12C)[C@@]1(C)CC[C@@H](C)CC1C[C@H]3O. The molecule has 0 saturated heterocycles. The van der Waals surface area contributed by atoms with Crippen LogP contribution in [-0.2, 0) is 9.53 Å². The van der Waals surface area contributed by atoms with Crippen LogP contribution in [0.3, 0.4) is 0 Å². The Hall–Kier alpha value is -0.610. The van der Waals surface area contributed by atoms with Crippen LogP contribution in [0.5, 0.6) is 0 Å². The lowest BCUT2D eigenvalue weighted by molar-refractivity contribution is -0.203. The van der Waals surface area contributed by atoms with E-state index in [9.17, 15) is 15.0 Å². The van der Waals surface area contributed by atoms with Crippen molar-refractivity contribution in [1.29, 1.82) is 0 Å². The van der Waals surface area contributed by atoms with Gasteiger partial charge in [-0.05, 0) is 97.2 Å². The molecular formula is C26H44O4. The van der Waals surface area contributed by atoms with Gasteiger partial charge in [0.15, 0.2) is 0 Å². The average Bonchev–Trinajstić information content (AvgIpc) is 3.06. The second kappa shape index (κ2) is 8.06. The van der Waals surface area contributed by atoms with Crippen LogP contribution in [-0.4, -0.2) is 35.5 Å². The van der Waals surface area contributed by atoms with Gasteiger partial charge in [0.2, 0.25) is 0 Å². The third-order valence-electron chi connectivity index (χ3n) is 10.8. The molecule has 0 heterocycles. The number of carbonyl (C=O) groups excluding carboxylic acids is 1. The number of carbonyl (C=O) groups is 1. The average molecular weight is 421 g/mol. The molecule has 11 atom stereocenters. The van der Waals surface area contributed by atoms with E-state index in [1.165, 1.54) is 26.4 Å². The molecule has 0 aromatic heterocycles. The van der Waals surface area contributed by atoms with Crippen molar-refractivity contribution >= 4 is 5.97 Å². The summed E-state index contributed by atoms with van der Waals surface area (Å²) in [5, 5.41) is 23.0. The zero-order valence-corrected chi connectivity index (χ0v) is 19.8. The van der Waals surface area contributed by atoms with E-state index < -0.39 is 0 Å². The van der Waals surface area contributed by atoms with E-state index in [0.717, 1.165) is 38.0 Å². The summed E-state index contributed by atoms with van der Waals surface area (Å²) in [6, 6.07) is 0. The van der Waals surface area contributed by atoms with Gasteiger partial charge >= 0.3 is 5.97 Å². The normalized spacial score (nSPS) is 51.4. The van der Waals surface area contributed by atoms with E-state index in [0.29, 0.717) is 41.9 Å². The molecule has 4 fully saturated rings. The zero-order valence-electron chi connectivity index (χ0n) is 19.8. The Morgan fingerprint density at radius 3 is 2.53 bits per heavy atom. The fourth-order valence-corrected chi connectivity index (χ4v) is 9.02. The van der Waals surface area contributed by atoms with Crippen molar-refractivity contribution in [2.75, 3.05) is 7.11 Å². The topological polar surface area (TPSA) is 66.8 Å². The highest BCUT2D eigenvalue weighted by atomic mass is 16.5. The van der Waals surface area contributed by atoms with Crippen LogP contribution >= 0.6 is 0 Å². The van der Waals surface area contributed by atoms with Gasteiger partial charge in [0.05, 0.1) is 19.3 Å². The molecule has 0 aromatic carbocycles. The molecule has 0 bridgehead atoms. The maximum atomic E-state index is 11.7. The number of rotatable bonds is 4. The molecule has 4 saturated carbocycles. The smallest absolute Gasteiger partial charge is 0.305 e. The highest BCUT2D eigenvalue weighted by Gasteiger charge is 2.65. The number of ether oxygens (including phenoxy) is 1. The van der Waals surface area contributed by atoms with Crippen molar-refractivity contribution in [2.24, 2.45) is 52.3 Å². The lowest BCUT2D eigenvalue weighted by Crippen LogP contribution is -2.62. The molecule has 0 amide bonds. The lowest BCUT2D eigenvalue weighted by Gasteiger charge is -2.63. The Labute approximate surface area is 183 Å². The largest absolute Gasteiger partial charge is 0.469 e. The van der Waals surface area contributed by atoms with Crippen LogP contribution in [0, 0.1) is 52.3 Å². The number of hydrogen-bond acceptors (Lipinski definition) is 4. The maximum absolute atomic E-state index is 11.7. The summed E-state index contributed by atoms with van der Waals surface area (Å²) in [6.45, 7) is 9.39. The summed E-state index contributed by atoms with van der Waals surface area (Å²) in [7, 11) is 1.45. The third kappa shape index (κ3) is 3.36. The first-order chi connectivity index (χ1) is 14.1. The molecule has 0 radical (unpaired) electrons. The van der Waals surface area contributed by atoms with Crippen LogP contribution < -0.4 is 0 Å². The highest BCUT2D eigenvalue weighted by Crippen LogP contribution is 2.68. The molecule has 4 aliphatic carbocycles. The van der Waals surface area contributed by atoms with E-state index in [2.05, 4.69) is 27.7 Å². The number of esters is 1. The van der Waals surface area contributed by atoms with E-state index in [1.807, 2.05) is 0 Å².